The maximum Gasteiger partial charge on any atom is 0.349 e. The molecule has 3 aromatic rings. The Bertz CT molecular complexity index is 1430. The maximum atomic E-state index is 12.4. The number of unbranched alkanes of at least 4 members (excludes halogenated alkanes) is 4. The number of hydrogen-bond acceptors (Lipinski definition) is 8. The predicted molar refractivity (Wildman–Crippen MR) is 158 cm³/mol. The van der Waals surface area contributed by atoms with E-state index in [2.05, 4.69) is 28.9 Å². The van der Waals surface area contributed by atoms with Crippen molar-refractivity contribution in [3.63, 3.8) is 0 Å². The molecule has 0 aromatic heterocycles. The number of methoxy groups -OCH3 is 1. The molecule has 0 bridgehead atoms. The monoisotopic (exact) mass is 620 g/mol. The van der Waals surface area contributed by atoms with Crippen LogP contribution in [0.3, 0.4) is 0 Å². The molecule has 1 aliphatic rings. The Labute approximate surface area is 248 Å². The van der Waals surface area contributed by atoms with Crippen molar-refractivity contribution in [3.05, 3.63) is 87.7 Å². The van der Waals surface area contributed by atoms with E-state index in [-0.39, 0.29) is 23.8 Å². The zero-order valence-corrected chi connectivity index (χ0v) is 24.7. The standard InChI is InChI=1S/C32H33BrN2O6/c1-3-4-5-6-7-16-38-27-15-8-21(17-29(27)37-2)31-25-14-13-24(18-28(25)41-32(35)26(31)19-34)40-30(36)20-39-23-11-9-22(33)10-12-23/h8-15,17-18,31H,3-7,16,20,35H2,1-2H3. The summed E-state index contributed by atoms with van der Waals surface area (Å²) in [6.07, 6.45) is 5.72. The topological polar surface area (TPSA) is 113 Å². The van der Waals surface area contributed by atoms with E-state index in [1.807, 2.05) is 30.3 Å². The van der Waals surface area contributed by atoms with Crippen LogP contribution >= 0.6 is 15.9 Å². The summed E-state index contributed by atoms with van der Waals surface area (Å²) in [5.74, 6) is 1.30. The third-order valence-electron chi connectivity index (χ3n) is 6.62. The molecule has 0 spiro atoms. The second-order valence-corrected chi connectivity index (χ2v) is 10.4. The third-order valence-corrected chi connectivity index (χ3v) is 7.15. The van der Waals surface area contributed by atoms with E-state index in [0.717, 1.165) is 22.9 Å². The smallest absolute Gasteiger partial charge is 0.349 e. The SMILES string of the molecule is CCCCCCCOc1ccc(C2C(C#N)=C(N)Oc3cc(OC(=O)COc4ccc(Br)cc4)ccc32)cc1OC. The first-order valence-corrected chi connectivity index (χ1v) is 14.3. The Morgan fingerprint density at radius 1 is 0.976 bits per heavy atom. The summed E-state index contributed by atoms with van der Waals surface area (Å²) in [5.41, 5.74) is 7.93. The van der Waals surface area contributed by atoms with Gasteiger partial charge in [-0.25, -0.2) is 4.79 Å². The number of rotatable bonds is 13. The van der Waals surface area contributed by atoms with Crippen molar-refractivity contribution in [3.8, 4) is 34.8 Å². The highest BCUT2D eigenvalue weighted by Crippen LogP contribution is 2.45. The molecule has 1 atom stereocenters. The molecule has 4 rings (SSSR count). The van der Waals surface area contributed by atoms with Crippen LogP contribution in [0.5, 0.6) is 28.7 Å². The fourth-order valence-corrected chi connectivity index (χ4v) is 4.81. The molecule has 0 saturated carbocycles. The lowest BCUT2D eigenvalue weighted by atomic mass is 9.83. The minimum absolute atomic E-state index is 0.0154. The van der Waals surface area contributed by atoms with Crippen LogP contribution in [0.2, 0.25) is 0 Å². The third kappa shape index (κ3) is 7.74. The fraction of sp³-hybridized carbons (Fsp3) is 0.312. The summed E-state index contributed by atoms with van der Waals surface area (Å²) in [5, 5.41) is 9.94. The minimum atomic E-state index is -0.577. The van der Waals surface area contributed by atoms with Gasteiger partial charge in [0.15, 0.2) is 18.1 Å². The predicted octanol–water partition coefficient (Wildman–Crippen LogP) is 7.01. The lowest BCUT2D eigenvalue weighted by molar-refractivity contribution is -0.136. The number of carbonyl (C=O) groups excluding carboxylic acids is 1. The summed E-state index contributed by atoms with van der Waals surface area (Å²) >= 11 is 3.36. The number of carbonyl (C=O) groups is 1. The van der Waals surface area contributed by atoms with Crippen LogP contribution in [0.1, 0.15) is 56.1 Å². The summed E-state index contributed by atoms with van der Waals surface area (Å²) in [6.45, 7) is 2.53. The Morgan fingerprint density at radius 3 is 2.46 bits per heavy atom. The molecule has 0 radical (unpaired) electrons. The lowest BCUT2D eigenvalue weighted by Gasteiger charge is -2.27. The van der Waals surface area contributed by atoms with Crippen molar-refractivity contribution < 1.29 is 28.5 Å². The number of hydrogen-bond donors (Lipinski definition) is 1. The average molecular weight is 622 g/mol. The number of benzene rings is 3. The highest BCUT2D eigenvalue weighted by molar-refractivity contribution is 9.10. The van der Waals surface area contributed by atoms with Gasteiger partial charge in [0.05, 0.1) is 19.6 Å². The molecule has 1 heterocycles. The average Bonchev–Trinajstić information content (AvgIpc) is 2.98. The molecule has 0 fully saturated rings. The molecule has 1 unspecified atom stereocenters. The second-order valence-electron chi connectivity index (χ2n) is 9.51. The summed E-state index contributed by atoms with van der Waals surface area (Å²) in [7, 11) is 1.58. The Hall–Kier alpha value is -4.16. The van der Waals surface area contributed by atoms with E-state index in [9.17, 15) is 10.1 Å². The van der Waals surface area contributed by atoms with Crippen LogP contribution in [0, 0.1) is 11.3 Å². The first-order chi connectivity index (χ1) is 19.9. The number of allylic oxidation sites excluding steroid dienone is 1. The quantitative estimate of drug-likeness (QED) is 0.123. The number of fused-ring (bicyclic) bond motifs is 1. The van der Waals surface area contributed by atoms with Gasteiger partial charge in [0, 0.05) is 16.1 Å². The van der Waals surface area contributed by atoms with Gasteiger partial charge in [-0.3, -0.25) is 0 Å². The molecule has 214 valence electrons. The van der Waals surface area contributed by atoms with Crippen molar-refractivity contribution in [2.45, 2.75) is 44.9 Å². The minimum Gasteiger partial charge on any atom is -0.493 e. The van der Waals surface area contributed by atoms with E-state index >= 15 is 0 Å². The fourth-order valence-electron chi connectivity index (χ4n) is 4.55. The van der Waals surface area contributed by atoms with E-state index in [1.54, 1.807) is 37.4 Å². The second kappa shape index (κ2) is 14.5. The van der Waals surface area contributed by atoms with Crippen molar-refractivity contribution in [2.75, 3.05) is 20.3 Å². The van der Waals surface area contributed by atoms with Gasteiger partial charge in [-0.05, 0) is 54.4 Å². The van der Waals surface area contributed by atoms with Crippen molar-refractivity contribution >= 4 is 21.9 Å². The van der Waals surface area contributed by atoms with Gasteiger partial charge in [-0.2, -0.15) is 5.26 Å². The molecule has 3 aromatic carbocycles. The number of nitriles is 1. The molecular formula is C32H33BrN2O6. The highest BCUT2D eigenvalue weighted by Gasteiger charge is 2.31. The van der Waals surface area contributed by atoms with Gasteiger partial charge in [0.2, 0.25) is 5.88 Å². The van der Waals surface area contributed by atoms with Crippen LogP contribution in [0.15, 0.2) is 76.6 Å². The molecule has 0 aliphatic carbocycles. The largest absolute Gasteiger partial charge is 0.493 e. The molecule has 9 heteroatoms. The van der Waals surface area contributed by atoms with Crippen LogP contribution in [0.25, 0.3) is 0 Å². The van der Waals surface area contributed by atoms with Gasteiger partial charge in [-0.15, -0.1) is 0 Å². The van der Waals surface area contributed by atoms with E-state index in [4.69, 9.17) is 29.4 Å². The van der Waals surface area contributed by atoms with Crippen molar-refractivity contribution in [2.24, 2.45) is 5.73 Å². The summed E-state index contributed by atoms with van der Waals surface area (Å²) < 4.78 is 29.2. The lowest BCUT2D eigenvalue weighted by Crippen LogP contribution is -2.22. The number of halogens is 1. The normalized spacial score (nSPS) is 14.0. The van der Waals surface area contributed by atoms with Gasteiger partial charge in [0.1, 0.15) is 28.9 Å². The van der Waals surface area contributed by atoms with Gasteiger partial charge < -0.3 is 29.4 Å². The zero-order chi connectivity index (χ0) is 29.2. The molecule has 0 saturated heterocycles. The Morgan fingerprint density at radius 2 is 1.73 bits per heavy atom. The molecule has 41 heavy (non-hydrogen) atoms. The molecule has 1 aliphatic heterocycles. The van der Waals surface area contributed by atoms with Crippen molar-refractivity contribution in [1.82, 2.24) is 0 Å². The highest BCUT2D eigenvalue weighted by atomic mass is 79.9. The van der Waals surface area contributed by atoms with Crippen LogP contribution in [0.4, 0.5) is 0 Å². The van der Waals surface area contributed by atoms with Crippen LogP contribution in [-0.2, 0) is 4.79 Å². The van der Waals surface area contributed by atoms with E-state index in [1.165, 1.54) is 19.3 Å². The van der Waals surface area contributed by atoms with E-state index < -0.39 is 11.9 Å². The Kier molecular flexibility index (Phi) is 10.5. The summed E-state index contributed by atoms with van der Waals surface area (Å²) in [4.78, 5) is 12.4. The number of nitrogens with zero attached hydrogens (tertiary/aromatic N) is 1. The maximum absolute atomic E-state index is 12.4. The van der Waals surface area contributed by atoms with Gasteiger partial charge in [-0.1, -0.05) is 60.7 Å². The molecular weight excluding hydrogens is 588 g/mol. The van der Waals surface area contributed by atoms with E-state index in [0.29, 0.717) is 35.2 Å². The number of nitrogens with two attached hydrogens (primary N) is 1. The molecule has 0 amide bonds. The molecule has 8 nitrogen and oxygen atoms in total. The molecule has 2 N–H and O–H groups in total. The number of ether oxygens (including phenoxy) is 5. The van der Waals surface area contributed by atoms with Gasteiger partial charge in [0.25, 0.3) is 0 Å². The van der Waals surface area contributed by atoms with Crippen LogP contribution in [-0.4, -0.2) is 26.3 Å². The first-order valence-electron chi connectivity index (χ1n) is 13.5. The van der Waals surface area contributed by atoms with Crippen molar-refractivity contribution in [1.29, 1.82) is 5.26 Å². The van der Waals surface area contributed by atoms with Crippen LogP contribution < -0.4 is 29.4 Å². The zero-order valence-electron chi connectivity index (χ0n) is 23.2. The Balaban J connectivity index is 1.49. The first kappa shape index (κ1) is 29.8. The van der Waals surface area contributed by atoms with Gasteiger partial charge >= 0.3 is 5.97 Å². The summed E-state index contributed by atoms with van der Waals surface area (Å²) in [6, 6.07) is 19.9. The number of esters is 1.